The first-order valence-corrected chi connectivity index (χ1v) is 9.92. The van der Waals surface area contributed by atoms with Gasteiger partial charge in [-0.3, -0.25) is 14.8 Å². The Morgan fingerprint density at radius 3 is 2.77 bits per heavy atom. The first-order chi connectivity index (χ1) is 15.0. The summed E-state index contributed by atoms with van der Waals surface area (Å²) < 4.78 is 3.75. The number of pyridine rings is 1. The number of nitrogens with one attached hydrogen (secondary N) is 2. The number of H-pyrrole nitrogens is 2. The number of allylic oxidation sites excluding steroid dienone is 1. The van der Waals surface area contributed by atoms with Crippen LogP contribution in [0, 0.1) is 6.92 Å². The Morgan fingerprint density at radius 2 is 2.06 bits per heavy atom. The maximum Gasteiger partial charge on any atom is 0.116 e. The number of aromatic nitrogens is 8. The van der Waals surface area contributed by atoms with Crippen molar-refractivity contribution in [3.8, 4) is 17.1 Å². The highest BCUT2D eigenvalue weighted by Crippen LogP contribution is 2.26. The van der Waals surface area contributed by atoms with Gasteiger partial charge in [-0.25, -0.2) is 4.98 Å². The third-order valence-electron chi connectivity index (χ3n) is 5.29. The van der Waals surface area contributed by atoms with E-state index in [2.05, 4.69) is 42.9 Å². The van der Waals surface area contributed by atoms with E-state index in [4.69, 9.17) is 0 Å². The molecule has 0 amide bonds. The van der Waals surface area contributed by atoms with Crippen molar-refractivity contribution < 1.29 is 0 Å². The summed E-state index contributed by atoms with van der Waals surface area (Å²) >= 11 is 0. The quantitative estimate of drug-likeness (QED) is 0.476. The maximum atomic E-state index is 4.59. The van der Waals surface area contributed by atoms with Crippen molar-refractivity contribution in [3.05, 3.63) is 71.8 Å². The zero-order valence-electron chi connectivity index (χ0n) is 17.6. The van der Waals surface area contributed by atoms with Crippen molar-refractivity contribution >= 4 is 28.6 Å². The lowest BCUT2D eigenvalue weighted by molar-refractivity contribution is 0.767. The molecule has 0 atom stereocenters. The van der Waals surface area contributed by atoms with E-state index in [0.717, 1.165) is 55.4 Å². The van der Waals surface area contributed by atoms with Crippen molar-refractivity contribution in [2.75, 3.05) is 0 Å². The Balaban J connectivity index is 1.67. The molecule has 0 fully saturated rings. The molecule has 0 aliphatic heterocycles. The number of rotatable bonds is 4. The minimum Gasteiger partial charge on any atom is -0.352 e. The standard InChI is InChI=1S/C23H22N8/c1-5-19-18(6-14(2)16-8-26-30(4)12-16)23(29-28-19)20-7-17-21(27-20)9-24-10-22(17)31-11-15(3)25-13-31/h5-13,27-28H,2H2,1,3-4H3/b18-6+,19-5+. The van der Waals surface area contributed by atoms with Crippen molar-refractivity contribution in [2.24, 2.45) is 7.05 Å². The summed E-state index contributed by atoms with van der Waals surface area (Å²) in [5.74, 6) is 0. The minimum absolute atomic E-state index is 0.821. The Labute approximate surface area is 178 Å². The van der Waals surface area contributed by atoms with Crippen LogP contribution in [0.2, 0.25) is 0 Å². The second-order valence-electron chi connectivity index (χ2n) is 7.49. The number of aryl methyl sites for hydroxylation is 2. The van der Waals surface area contributed by atoms with Crippen LogP contribution in [0.4, 0.5) is 0 Å². The SMILES string of the molecule is C=C(/C=c1/c(-c2cc3c(-n4cnc(C)c4)cncc3[nH]2)n[nH]/c1=C/C)c1cnn(C)c1. The van der Waals surface area contributed by atoms with Crippen LogP contribution >= 0.6 is 0 Å². The number of nitrogens with zero attached hydrogens (tertiary/aromatic N) is 6. The van der Waals surface area contributed by atoms with E-state index in [-0.39, 0.29) is 0 Å². The number of hydrogen-bond acceptors (Lipinski definition) is 4. The highest BCUT2D eigenvalue weighted by atomic mass is 15.2. The Morgan fingerprint density at radius 1 is 1.19 bits per heavy atom. The zero-order chi connectivity index (χ0) is 21.5. The van der Waals surface area contributed by atoms with Crippen LogP contribution in [0.5, 0.6) is 0 Å². The molecule has 5 heterocycles. The molecule has 0 saturated heterocycles. The molecule has 0 bridgehead atoms. The first kappa shape index (κ1) is 18.8. The molecule has 0 radical (unpaired) electrons. The van der Waals surface area contributed by atoms with Crippen molar-refractivity contribution in [1.82, 2.24) is 39.5 Å². The van der Waals surface area contributed by atoms with E-state index in [9.17, 15) is 0 Å². The van der Waals surface area contributed by atoms with Gasteiger partial charge in [-0.15, -0.1) is 0 Å². The molecule has 0 spiro atoms. The average molecular weight is 410 g/mol. The molecular weight excluding hydrogens is 388 g/mol. The van der Waals surface area contributed by atoms with Crippen molar-refractivity contribution in [3.63, 3.8) is 0 Å². The molecular formula is C23H22N8. The van der Waals surface area contributed by atoms with Gasteiger partial charge in [-0.2, -0.15) is 10.2 Å². The second-order valence-corrected chi connectivity index (χ2v) is 7.49. The molecule has 0 aromatic carbocycles. The predicted octanol–water partition coefficient (Wildman–Crippen LogP) is 2.47. The third-order valence-corrected chi connectivity index (χ3v) is 5.29. The summed E-state index contributed by atoms with van der Waals surface area (Å²) in [6.07, 6.45) is 15.2. The molecule has 5 aromatic heterocycles. The van der Waals surface area contributed by atoms with Gasteiger partial charge in [-0.1, -0.05) is 12.7 Å². The van der Waals surface area contributed by atoms with E-state index in [0.29, 0.717) is 0 Å². The molecule has 5 rings (SSSR count). The molecule has 0 aliphatic carbocycles. The molecule has 2 N–H and O–H groups in total. The normalized spacial score (nSPS) is 12.9. The van der Waals surface area contributed by atoms with Gasteiger partial charge in [0.05, 0.1) is 52.9 Å². The van der Waals surface area contributed by atoms with Crippen LogP contribution in [-0.4, -0.2) is 39.5 Å². The van der Waals surface area contributed by atoms with E-state index in [1.165, 1.54) is 0 Å². The topological polar surface area (TPSA) is 93.0 Å². The number of aromatic amines is 2. The van der Waals surface area contributed by atoms with E-state index in [1.807, 2.05) is 68.6 Å². The molecule has 0 unspecified atom stereocenters. The Kier molecular flexibility index (Phi) is 4.39. The smallest absolute Gasteiger partial charge is 0.116 e. The molecule has 154 valence electrons. The number of hydrogen-bond donors (Lipinski definition) is 2. The fourth-order valence-corrected chi connectivity index (χ4v) is 3.70. The van der Waals surface area contributed by atoms with E-state index in [1.54, 1.807) is 11.0 Å². The van der Waals surface area contributed by atoms with Gasteiger partial charge in [0.2, 0.25) is 0 Å². The van der Waals surface area contributed by atoms with Gasteiger partial charge in [-0.05, 0) is 31.6 Å². The van der Waals surface area contributed by atoms with Crippen LogP contribution in [-0.2, 0) is 7.05 Å². The van der Waals surface area contributed by atoms with Crippen molar-refractivity contribution in [1.29, 1.82) is 0 Å². The molecule has 5 aromatic rings. The summed E-state index contributed by atoms with van der Waals surface area (Å²) in [7, 11) is 1.89. The molecule has 0 saturated carbocycles. The molecule has 31 heavy (non-hydrogen) atoms. The van der Waals surface area contributed by atoms with Gasteiger partial charge in [0.25, 0.3) is 0 Å². The first-order valence-electron chi connectivity index (χ1n) is 9.92. The van der Waals surface area contributed by atoms with Gasteiger partial charge in [0.1, 0.15) is 5.69 Å². The van der Waals surface area contributed by atoms with Crippen LogP contribution in [0.1, 0.15) is 18.2 Å². The van der Waals surface area contributed by atoms with Gasteiger partial charge in [0.15, 0.2) is 0 Å². The van der Waals surface area contributed by atoms with Crippen LogP contribution in [0.3, 0.4) is 0 Å². The van der Waals surface area contributed by atoms with Crippen LogP contribution < -0.4 is 10.6 Å². The average Bonchev–Trinajstić information content (AvgIpc) is 3.53. The lowest BCUT2D eigenvalue weighted by Crippen LogP contribution is -2.23. The largest absolute Gasteiger partial charge is 0.352 e. The van der Waals surface area contributed by atoms with Crippen LogP contribution in [0.15, 0.2) is 50.0 Å². The van der Waals surface area contributed by atoms with Crippen molar-refractivity contribution in [2.45, 2.75) is 13.8 Å². The van der Waals surface area contributed by atoms with E-state index < -0.39 is 0 Å². The van der Waals surface area contributed by atoms with Crippen LogP contribution in [0.25, 0.3) is 45.7 Å². The fraction of sp³-hybridized carbons (Fsp3) is 0.130. The Hall–Kier alpha value is -4.20. The van der Waals surface area contributed by atoms with Gasteiger partial charge < -0.3 is 9.55 Å². The fourth-order valence-electron chi connectivity index (χ4n) is 3.70. The molecule has 8 nitrogen and oxygen atoms in total. The summed E-state index contributed by atoms with van der Waals surface area (Å²) in [6.45, 7) is 8.18. The summed E-state index contributed by atoms with van der Waals surface area (Å²) in [6, 6.07) is 2.10. The number of fused-ring (bicyclic) bond motifs is 1. The maximum absolute atomic E-state index is 4.59. The Bertz CT molecular complexity index is 1540. The summed E-state index contributed by atoms with van der Waals surface area (Å²) in [5.41, 5.74) is 6.40. The predicted molar refractivity (Wildman–Crippen MR) is 122 cm³/mol. The summed E-state index contributed by atoms with van der Waals surface area (Å²) in [5, 5.41) is 14.9. The zero-order valence-corrected chi connectivity index (χ0v) is 17.6. The second kappa shape index (κ2) is 7.24. The lowest BCUT2D eigenvalue weighted by atomic mass is 10.1. The highest BCUT2D eigenvalue weighted by Gasteiger charge is 2.13. The molecule has 8 heteroatoms. The lowest BCUT2D eigenvalue weighted by Gasteiger charge is -2.02. The molecule has 0 aliphatic rings. The minimum atomic E-state index is 0.821. The third kappa shape index (κ3) is 3.28. The van der Waals surface area contributed by atoms with Gasteiger partial charge >= 0.3 is 0 Å². The summed E-state index contributed by atoms with van der Waals surface area (Å²) in [4.78, 5) is 12.2. The van der Waals surface area contributed by atoms with E-state index >= 15 is 0 Å². The highest BCUT2D eigenvalue weighted by molar-refractivity contribution is 5.92. The number of imidazole rings is 1. The van der Waals surface area contributed by atoms with Gasteiger partial charge in [0, 0.05) is 35.6 Å². The monoisotopic (exact) mass is 410 g/mol.